The maximum absolute atomic E-state index is 13.0. The van der Waals surface area contributed by atoms with Crippen LogP contribution in [0.1, 0.15) is 26.5 Å². The van der Waals surface area contributed by atoms with Crippen LogP contribution in [0.25, 0.3) is 0 Å². The van der Waals surface area contributed by atoms with Gasteiger partial charge in [-0.3, -0.25) is 14.6 Å². The molecule has 3 aromatic rings. The smallest absolute Gasteiger partial charge is 0.254 e. The van der Waals surface area contributed by atoms with Crippen molar-refractivity contribution in [3.05, 3.63) is 84.1 Å². The number of piperazine rings is 1. The lowest BCUT2D eigenvalue weighted by Crippen LogP contribution is -2.50. The van der Waals surface area contributed by atoms with E-state index in [0.717, 1.165) is 0 Å². The van der Waals surface area contributed by atoms with Gasteiger partial charge in [0.2, 0.25) is 10.0 Å². The molecule has 0 spiro atoms. The molecule has 4 rings (SSSR count). The third-order valence-electron chi connectivity index (χ3n) is 5.19. The van der Waals surface area contributed by atoms with Gasteiger partial charge in [0.1, 0.15) is 5.76 Å². The number of amides is 2. The fraction of sp³-hybridized carbons (Fsp3) is 0.227. The van der Waals surface area contributed by atoms with E-state index < -0.39 is 10.0 Å². The molecule has 1 N–H and O–H groups in total. The molecule has 1 aliphatic rings. The molecular formula is C22H22N4O5S. The van der Waals surface area contributed by atoms with Gasteiger partial charge >= 0.3 is 0 Å². The first-order valence-electron chi connectivity index (χ1n) is 10.0. The summed E-state index contributed by atoms with van der Waals surface area (Å²) in [5.41, 5.74) is 0.833. The highest BCUT2D eigenvalue weighted by Crippen LogP contribution is 2.16. The Bertz CT molecular complexity index is 1190. The lowest BCUT2D eigenvalue weighted by atomic mass is 10.1. The van der Waals surface area contributed by atoms with Gasteiger partial charge in [-0.1, -0.05) is 6.07 Å². The zero-order valence-corrected chi connectivity index (χ0v) is 18.0. The first-order chi connectivity index (χ1) is 15.4. The second-order valence-corrected chi connectivity index (χ2v) is 9.02. The van der Waals surface area contributed by atoms with Crippen LogP contribution in [-0.4, -0.2) is 61.2 Å². The average molecular weight is 455 g/mol. The molecular weight excluding hydrogens is 432 g/mol. The van der Waals surface area contributed by atoms with Crippen LogP contribution in [-0.2, 0) is 16.6 Å². The molecule has 3 heterocycles. The summed E-state index contributed by atoms with van der Waals surface area (Å²) in [7, 11) is -3.81. The van der Waals surface area contributed by atoms with Gasteiger partial charge in [-0.05, 0) is 42.5 Å². The molecule has 10 heteroatoms. The Labute approximate surface area is 185 Å². The van der Waals surface area contributed by atoms with Gasteiger partial charge in [-0.15, -0.1) is 0 Å². The molecule has 32 heavy (non-hydrogen) atoms. The number of carbonyl (C=O) groups excluding carboxylic acids is 2. The summed E-state index contributed by atoms with van der Waals surface area (Å²) in [6.45, 7) is 1.54. The molecule has 0 bridgehead atoms. The van der Waals surface area contributed by atoms with Crippen molar-refractivity contribution in [1.82, 2.24) is 19.5 Å². The van der Waals surface area contributed by atoms with Gasteiger partial charge in [0, 0.05) is 49.7 Å². The number of sulfonamides is 1. The molecule has 0 atom stereocenters. The number of pyridine rings is 1. The van der Waals surface area contributed by atoms with E-state index in [1.807, 2.05) is 0 Å². The summed E-state index contributed by atoms with van der Waals surface area (Å²) in [4.78, 5) is 32.7. The van der Waals surface area contributed by atoms with Gasteiger partial charge in [-0.2, -0.15) is 0 Å². The standard InChI is InChI=1S/C22H22N4O5S/c27-21(17-6-8-23-9-7-17)25-10-12-26(13-11-25)22(28)18-3-1-5-20(15-18)32(29,30)24-16-19-4-2-14-31-19/h1-9,14-15,24H,10-13,16H2. The molecule has 0 aliphatic carbocycles. The number of carbonyl (C=O) groups is 2. The highest BCUT2D eigenvalue weighted by Gasteiger charge is 2.26. The number of hydrogen-bond acceptors (Lipinski definition) is 6. The fourth-order valence-corrected chi connectivity index (χ4v) is 4.47. The average Bonchev–Trinajstić information content (AvgIpc) is 3.37. The van der Waals surface area contributed by atoms with E-state index in [-0.39, 0.29) is 28.8 Å². The van der Waals surface area contributed by atoms with Crippen LogP contribution in [0.3, 0.4) is 0 Å². The molecule has 1 aromatic carbocycles. The third kappa shape index (κ3) is 4.87. The minimum atomic E-state index is -3.81. The summed E-state index contributed by atoms with van der Waals surface area (Å²) in [6.07, 6.45) is 4.60. The maximum atomic E-state index is 13.0. The van der Waals surface area contributed by atoms with Gasteiger partial charge in [-0.25, -0.2) is 13.1 Å². The van der Waals surface area contributed by atoms with Gasteiger partial charge in [0.15, 0.2) is 0 Å². The summed E-state index contributed by atoms with van der Waals surface area (Å²) < 4.78 is 32.8. The second kappa shape index (κ2) is 9.33. The van der Waals surface area contributed by atoms with E-state index in [1.54, 1.807) is 52.5 Å². The minimum Gasteiger partial charge on any atom is -0.468 e. The first kappa shape index (κ1) is 21.7. The number of aromatic nitrogens is 1. The van der Waals surface area contributed by atoms with E-state index >= 15 is 0 Å². The van der Waals surface area contributed by atoms with E-state index in [1.165, 1.54) is 24.5 Å². The fourth-order valence-electron chi connectivity index (χ4n) is 3.43. The van der Waals surface area contributed by atoms with Crippen molar-refractivity contribution < 1.29 is 22.4 Å². The third-order valence-corrected chi connectivity index (χ3v) is 6.59. The topological polar surface area (TPSA) is 113 Å². The van der Waals surface area contributed by atoms with Gasteiger partial charge in [0.05, 0.1) is 17.7 Å². The van der Waals surface area contributed by atoms with Crippen molar-refractivity contribution in [2.45, 2.75) is 11.4 Å². The summed E-state index contributed by atoms with van der Waals surface area (Å²) in [6, 6.07) is 12.6. The maximum Gasteiger partial charge on any atom is 0.254 e. The number of hydrogen-bond donors (Lipinski definition) is 1. The first-order valence-corrected chi connectivity index (χ1v) is 11.5. The van der Waals surface area contributed by atoms with Crippen molar-refractivity contribution in [2.24, 2.45) is 0 Å². The minimum absolute atomic E-state index is 0.00130. The van der Waals surface area contributed by atoms with E-state index in [9.17, 15) is 18.0 Å². The Morgan fingerprint density at radius 2 is 1.56 bits per heavy atom. The Morgan fingerprint density at radius 3 is 2.19 bits per heavy atom. The molecule has 2 amide bonds. The molecule has 1 fully saturated rings. The Balaban J connectivity index is 1.39. The predicted molar refractivity (Wildman–Crippen MR) is 115 cm³/mol. The molecule has 1 saturated heterocycles. The molecule has 2 aromatic heterocycles. The normalized spacial score (nSPS) is 14.4. The monoisotopic (exact) mass is 454 g/mol. The second-order valence-electron chi connectivity index (χ2n) is 7.25. The number of rotatable bonds is 6. The zero-order valence-electron chi connectivity index (χ0n) is 17.2. The van der Waals surface area contributed by atoms with E-state index in [4.69, 9.17) is 4.42 Å². The van der Waals surface area contributed by atoms with E-state index in [2.05, 4.69) is 9.71 Å². The molecule has 0 radical (unpaired) electrons. The van der Waals surface area contributed by atoms with Crippen LogP contribution in [0.5, 0.6) is 0 Å². The molecule has 166 valence electrons. The SMILES string of the molecule is O=C(c1ccncc1)N1CCN(C(=O)c2cccc(S(=O)(=O)NCc3ccco3)c2)CC1. The number of benzene rings is 1. The highest BCUT2D eigenvalue weighted by molar-refractivity contribution is 7.89. The lowest BCUT2D eigenvalue weighted by Gasteiger charge is -2.35. The number of furan rings is 1. The summed E-state index contributed by atoms with van der Waals surface area (Å²) >= 11 is 0. The molecule has 1 aliphatic heterocycles. The quantitative estimate of drug-likeness (QED) is 0.607. The van der Waals surface area contributed by atoms with Crippen molar-refractivity contribution >= 4 is 21.8 Å². The Kier molecular flexibility index (Phi) is 6.33. The van der Waals surface area contributed by atoms with Crippen LogP contribution >= 0.6 is 0 Å². The lowest BCUT2D eigenvalue weighted by molar-refractivity contribution is 0.0535. The Hall–Kier alpha value is -3.50. The Morgan fingerprint density at radius 1 is 0.906 bits per heavy atom. The van der Waals surface area contributed by atoms with Crippen molar-refractivity contribution in [2.75, 3.05) is 26.2 Å². The largest absolute Gasteiger partial charge is 0.468 e. The number of nitrogens with zero attached hydrogens (tertiary/aromatic N) is 3. The van der Waals surface area contributed by atoms with Crippen LogP contribution in [0.15, 0.2) is 76.5 Å². The van der Waals surface area contributed by atoms with E-state index in [0.29, 0.717) is 37.5 Å². The molecule has 0 saturated carbocycles. The van der Waals surface area contributed by atoms with Crippen molar-refractivity contribution in [3.63, 3.8) is 0 Å². The van der Waals surface area contributed by atoms with Crippen molar-refractivity contribution in [1.29, 1.82) is 0 Å². The van der Waals surface area contributed by atoms with Crippen molar-refractivity contribution in [3.8, 4) is 0 Å². The summed E-state index contributed by atoms with van der Waals surface area (Å²) in [5.74, 6) is 0.110. The highest BCUT2D eigenvalue weighted by atomic mass is 32.2. The van der Waals surface area contributed by atoms with Crippen LogP contribution in [0.4, 0.5) is 0 Å². The van der Waals surface area contributed by atoms with Gasteiger partial charge < -0.3 is 14.2 Å². The predicted octanol–water partition coefficient (Wildman–Crippen LogP) is 1.75. The molecule has 0 unspecified atom stereocenters. The molecule has 9 nitrogen and oxygen atoms in total. The number of nitrogens with one attached hydrogen (secondary N) is 1. The van der Waals surface area contributed by atoms with Crippen LogP contribution in [0.2, 0.25) is 0 Å². The summed E-state index contributed by atoms with van der Waals surface area (Å²) in [5, 5.41) is 0. The van der Waals surface area contributed by atoms with Crippen LogP contribution in [0, 0.1) is 0 Å². The zero-order chi connectivity index (χ0) is 22.6. The van der Waals surface area contributed by atoms with Gasteiger partial charge in [0.25, 0.3) is 11.8 Å². The van der Waals surface area contributed by atoms with Crippen LogP contribution < -0.4 is 4.72 Å².